The van der Waals surface area contributed by atoms with Gasteiger partial charge in [0.1, 0.15) is 5.44 Å². The Hall–Kier alpha value is -0.280. The van der Waals surface area contributed by atoms with Crippen LogP contribution in [0.25, 0.3) is 0 Å². The fraction of sp³-hybridized carbons (Fsp3) is 0.571. The molecule has 1 atom stereocenters. The Balaban J connectivity index is 2.47. The van der Waals surface area contributed by atoms with Crippen molar-refractivity contribution >= 4 is 18.2 Å². The summed E-state index contributed by atoms with van der Waals surface area (Å²) in [7, 11) is 0. The summed E-state index contributed by atoms with van der Waals surface area (Å²) >= 11 is 1.47. The van der Waals surface area contributed by atoms with Gasteiger partial charge in [0.15, 0.2) is 0 Å². The fourth-order valence-electron chi connectivity index (χ4n) is 0.713. The van der Waals surface area contributed by atoms with Crippen molar-refractivity contribution in [3.63, 3.8) is 0 Å². The molecule has 0 amide bonds. The predicted molar refractivity (Wildman–Crippen MR) is 45.3 cm³/mol. The van der Waals surface area contributed by atoms with E-state index in [1.807, 2.05) is 13.0 Å². The van der Waals surface area contributed by atoms with Crippen molar-refractivity contribution < 1.29 is 4.74 Å². The molecule has 0 N–H and O–H groups in total. The van der Waals surface area contributed by atoms with Gasteiger partial charge in [-0.1, -0.05) is 0 Å². The van der Waals surface area contributed by atoms with Crippen LogP contribution in [-0.4, -0.2) is 18.3 Å². The third kappa shape index (κ3) is 1.85. The van der Waals surface area contributed by atoms with Crippen molar-refractivity contribution in [3.8, 4) is 0 Å². The second kappa shape index (κ2) is 3.78. The van der Waals surface area contributed by atoms with E-state index in [9.17, 15) is 0 Å². The molecule has 0 aromatic heterocycles. The normalized spacial score (nSPS) is 24.6. The van der Waals surface area contributed by atoms with Gasteiger partial charge in [-0.25, -0.2) is 4.40 Å². The molecule has 1 aliphatic rings. The van der Waals surface area contributed by atoms with Gasteiger partial charge >= 0.3 is 0 Å². The lowest BCUT2D eigenvalue weighted by Gasteiger charge is -2.15. The average Bonchev–Trinajstić information content (AvgIpc) is 1.94. The molecule has 0 saturated carbocycles. The molecule has 1 heterocycles. The van der Waals surface area contributed by atoms with Crippen molar-refractivity contribution in [2.45, 2.75) is 19.3 Å². The first-order valence-electron chi connectivity index (χ1n) is 3.32. The Bertz CT molecular complexity index is 165. The smallest absolute Gasteiger partial charge is 0.145 e. The molecule has 1 rings (SSSR count). The van der Waals surface area contributed by atoms with E-state index in [2.05, 4.69) is 11.3 Å². The standard InChI is InChI=1S/C7H11NOS/c1-3-9-7-6(2)4-5-8-10-7/h4-5,7H,3H2,1-2H3/t7-/m1/s1. The van der Waals surface area contributed by atoms with Crippen molar-refractivity contribution in [1.82, 2.24) is 0 Å². The maximum atomic E-state index is 5.38. The van der Waals surface area contributed by atoms with E-state index >= 15 is 0 Å². The molecule has 0 fully saturated rings. The highest BCUT2D eigenvalue weighted by atomic mass is 32.2. The zero-order chi connectivity index (χ0) is 7.40. The van der Waals surface area contributed by atoms with Crippen LogP contribution in [0.15, 0.2) is 16.0 Å². The number of ether oxygens (including phenoxy) is 1. The molecule has 0 bridgehead atoms. The molecular formula is C7H11NOS. The Kier molecular flexibility index (Phi) is 2.96. The molecule has 0 radical (unpaired) electrons. The van der Waals surface area contributed by atoms with Gasteiger partial charge in [0.25, 0.3) is 0 Å². The third-order valence-corrected chi connectivity index (χ3v) is 2.19. The summed E-state index contributed by atoms with van der Waals surface area (Å²) in [6.07, 6.45) is 3.78. The Morgan fingerprint density at radius 1 is 1.80 bits per heavy atom. The summed E-state index contributed by atoms with van der Waals surface area (Å²) in [6, 6.07) is 0. The molecule has 0 spiro atoms. The minimum Gasteiger partial charge on any atom is -0.362 e. The van der Waals surface area contributed by atoms with Crippen molar-refractivity contribution in [2.24, 2.45) is 4.40 Å². The van der Waals surface area contributed by atoms with Gasteiger partial charge in [-0.3, -0.25) is 0 Å². The van der Waals surface area contributed by atoms with E-state index in [0.717, 1.165) is 6.61 Å². The summed E-state index contributed by atoms with van der Waals surface area (Å²) in [5, 5.41) is 0. The molecule has 0 saturated heterocycles. The van der Waals surface area contributed by atoms with Gasteiger partial charge in [-0.2, -0.15) is 0 Å². The molecule has 0 aromatic carbocycles. The molecule has 0 aliphatic carbocycles. The zero-order valence-electron chi connectivity index (χ0n) is 6.20. The van der Waals surface area contributed by atoms with E-state index in [1.165, 1.54) is 17.5 Å². The van der Waals surface area contributed by atoms with Crippen LogP contribution >= 0.6 is 11.9 Å². The lowest BCUT2D eigenvalue weighted by Crippen LogP contribution is -2.10. The molecule has 3 heteroatoms. The van der Waals surface area contributed by atoms with Crippen LogP contribution in [0.4, 0.5) is 0 Å². The van der Waals surface area contributed by atoms with E-state index in [0.29, 0.717) is 0 Å². The summed E-state index contributed by atoms with van der Waals surface area (Å²) < 4.78 is 9.39. The first kappa shape index (κ1) is 7.82. The highest BCUT2D eigenvalue weighted by Gasteiger charge is 2.12. The van der Waals surface area contributed by atoms with Crippen molar-refractivity contribution in [1.29, 1.82) is 0 Å². The van der Waals surface area contributed by atoms with Crippen LogP contribution in [0, 0.1) is 0 Å². The molecule has 0 unspecified atom stereocenters. The number of nitrogens with zero attached hydrogens (tertiary/aromatic N) is 1. The summed E-state index contributed by atoms with van der Waals surface area (Å²) in [6.45, 7) is 4.79. The van der Waals surface area contributed by atoms with E-state index in [4.69, 9.17) is 4.74 Å². The second-order valence-electron chi connectivity index (χ2n) is 2.06. The van der Waals surface area contributed by atoms with Crippen molar-refractivity contribution in [3.05, 3.63) is 11.6 Å². The highest BCUT2D eigenvalue weighted by Crippen LogP contribution is 2.23. The van der Waals surface area contributed by atoms with Gasteiger partial charge in [0.05, 0.1) is 0 Å². The monoisotopic (exact) mass is 157 g/mol. The number of hydrogen-bond acceptors (Lipinski definition) is 3. The van der Waals surface area contributed by atoms with Crippen LogP contribution in [0.5, 0.6) is 0 Å². The fourth-order valence-corrected chi connectivity index (χ4v) is 1.40. The van der Waals surface area contributed by atoms with Crippen molar-refractivity contribution in [2.75, 3.05) is 6.61 Å². The van der Waals surface area contributed by atoms with E-state index < -0.39 is 0 Å². The molecule has 1 aliphatic heterocycles. The van der Waals surface area contributed by atoms with Gasteiger partial charge < -0.3 is 4.74 Å². The topological polar surface area (TPSA) is 21.6 Å². The summed E-state index contributed by atoms with van der Waals surface area (Å²) in [5.41, 5.74) is 1.39. The predicted octanol–water partition coefficient (Wildman–Crippen LogP) is 2.03. The Morgan fingerprint density at radius 2 is 2.60 bits per heavy atom. The third-order valence-electron chi connectivity index (χ3n) is 1.24. The maximum absolute atomic E-state index is 5.38. The van der Waals surface area contributed by atoms with Gasteiger partial charge in [0, 0.05) is 24.8 Å². The van der Waals surface area contributed by atoms with Crippen LogP contribution in [-0.2, 0) is 4.74 Å². The van der Waals surface area contributed by atoms with Crippen LogP contribution in [0.2, 0.25) is 0 Å². The molecule has 0 aromatic rings. The first-order chi connectivity index (χ1) is 4.84. The van der Waals surface area contributed by atoms with Crippen LogP contribution < -0.4 is 0 Å². The van der Waals surface area contributed by atoms with E-state index in [-0.39, 0.29) is 5.44 Å². The average molecular weight is 157 g/mol. The first-order valence-corrected chi connectivity index (χ1v) is 4.16. The Morgan fingerprint density at radius 3 is 3.20 bits per heavy atom. The second-order valence-corrected chi connectivity index (χ2v) is 2.91. The lowest BCUT2D eigenvalue weighted by molar-refractivity contribution is 0.147. The summed E-state index contributed by atoms with van der Waals surface area (Å²) in [5.74, 6) is 0. The molecule has 56 valence electrons. The SMILES string of the molecule is CCO[C@@H]1SN=CC=C1C. The quantitative estimate of drug-likeness (QED) is 0.572. The van der Waals surface area contributed by atoms with Crippen LogP contribution in [0.1, 0.15) is 13.8 Å². The maximum Gasteiger partial charge on any atom is 0.145 e. The summed E-state index contributed by atoms with van der Waals surface area (Å²) in [4.78, 5) is 0. The highest BCUT2D eigenvalue weighted by molar-refractivity contribution is 7.98. The minimum atomic E-state index is 0.148. The molecule has 2 nitrogen and oxygen atoms in total. The van der Waals surface area contributed by atoms with Gasteiger partial charge in [-0.05, 0) is 25.5 Å². The zero-order valence-corrected chi connectivity index (χ0v) is 7.02. The number of rotatable bonds is 2. The van der Waals surface area contributed by atoms with E-state index in [1.54, 1.807) is 6.21 Å². The molecular weight excluding hydrogens is 146 g/mol. The number of allylic oxidation sites excluding steroid dienone is 1. The number of hydrogen-bond donors (Lipinski definition) is 0. The Labute approximate surface area is 65.5 Å². The van der Waals surface area contributed by atoms with Gasteiger partial charge in [0.2, 0.25) is 0 Å². The largest absolute Gasteiger partial charge is 0.362 e. The lowest BCUT2D eigenvalue weighted by atomic mass is 10.3. The van der Waals surface area contributed by atoms with Crippen LogP contribution in [0.3, 0.4) is 0 Å². The minimum absolute atomic E-state index is 0.148. The molecule has 10 heavy (non-hydrogen) atoms. The van der Waals surface area contributed by atoms with Gasteiger partial charge in [-0.15, -0.1) is 0 Å².